The zero-order valence-electron chi connectivity index (χ0n) is 20.3. The number of carbonyl (C=O) groups is 2. The van der Waals surface area contributed by atoms with E-state index in [1.807, 2.05) is 11.6 Å². The maximum absolute atomic E-state index is 13.0. The lowest BCUT2D eigenvalue weighted by Crippen LogP contribution is -2.40. The molecule has 0 unspecified atom stereocenters. The Morgan fingerprint density at radius 1 is 1.27 bits per heavy atom. The minimum atomic E-state index is -0.309. The van der Waals surface area contributed by atoms with Crippen molar-refractivity contribution >= 4 is 11.9 Å². The van der Waals surface area contributed by atoms with E-state index in [1.54, 1.807) is 0 Å². The van der Waals surface area contributed by atoms with Crippen LogP contribution in [0.15, 0.2) is 0 Å². The lowest BCUT2D eigenvalue weighted by molar-refractivity contribution is -0.153. The molecule has 0 radical (unpaired) electrons. The number of hydrogen-bond donors (Lipinski definition) is 2. The van der Waals surface area contributed by atoms with Crippen LogP contribution in [0.2, 0.25) is 0 Å². The minimum absolute atomic E-state index is 0.0116. The van der Waals surface area contributed by atoms with Crippen LogP contribution in [0.25, 0.3) is 0 Å². The molecule has 33 heavy (non-hydrogen) atoms. The van der Waals surface area contributed by atoms with E-state index in [4.69, 9.17) is 14.6 Å². The molecule has 8 nitrogen and oxygen atoms in total. The number of aliphatic hydroxyl groups excluding tert-OH is 1. The number of aliphatic hydroxyl groups is 1. The number of carbonyl (C=O) groups excluding carboxylic acids is 2. The van der Waals surface area contributed by atoms with Gasteiger partial charge >= 0.3 is 5.97 Å². The Morgan fingerprint density at radius 2 is 1.97 bits per heavy atom. The fourth-order valence-corrected chi connectivity index (χ4v) is 5.51. The van der Waals surface area contributed by atoms with Crippen LogP contribution in [-0.4, -0.2) is 59.2 Å². The van der Waals surface area contributed by atoms with Gasteiger partial charge in [-0.1, -0.05) is 13.8 Å². The summed E-state index contributed by atoms with van der Waals surface area (Å²) in [6.45, 7) is 9.24. The van der Waals surface area contributed by atoms with E-state index in [9.17, 15) is 14.7 Å². The van der Waals surface area contributed by atoms with Crippen LogP contribution in [0.3, 0.4) is 0 Å². The van der Waals surface area contributed by atoms with Gasteiger partial charge in [0, 0.05) is 43.7 Å². The smallest absolute Gasteiger partial charge is 0.308 e. The second-order valence-electron chi connectivity index (χ2n) is 11.0. The number of fused-ring (bicyclic) bond motifs is 1. The van der Waals surface area contributed by atoms with Gasteiger partial charge in [0.25, 0.3) is 5.91 Å². The average Bonchev–Trinajstić information content (AvgIpc) is 3.05. The lowest BCUT2D eigenvalue weighted by Gasteiger charge is -2.36. The normalized spacial score (nSPS) is 25.3. The molecule has 0 aromatic carbocycles. The van der Waals surface area contributed by atoms with E-state index in [-0.39, 0.29) is 34.7 Å². The molecule has 3 aliphatic rings. The number of nitrogens with zero attached hydrogens (tertiary/aromatic N) is 2. The van der Waals surface area contributed by atoms with Crippen LogP contribution in [0, 0.1) is 16.7 Å². The van der Waals surface area contributed by atoms with Crippen LogP contribution in [0.1, 0.15) is 81.0 Å². The van der Waals surface area contributed by atoms with Gasteiger partial charge in [-0.05, 0) is 57.3 Å². The highest BCUT2D eigenvalue weighted by Crippen LogP contribution is 2.39. The van der Waals surface area contributed by atoms with Gasteiger partial charge in [0.15, 0.2) is 0 Å². The molecule has 0 bridgehead atoms. The van der Waals surface area contributed by atoms with Gasteiger partial charge < -0.3 is 19.9 Å². The van der Waals surface area contributed by atoms with Gasteiger partial charge in [0.2, 0.25) is 0 Å². The predicted molar refractivity (Wildman–Crippen MR) is 123 cm³/mol. The van der Waals surface area contributed by atoms with E-state index in [0.717, 1.165) is 43.7 Å². The van der Waals surface area contributed by atoms with Crippen LogP contribution >= 0.6 is 0 Å². The Balaban J connectivity index is 1.49. The molecule has 1 saturated carbocycles. The molecule has 3 heterocycles. The number of esters is 1. The summed E-state index contributed by atoms with van der Waals surface area (Å²) in [5.74, 6) is -0.317. The fraction of sp³-hybridized carbons (Fsp3) is 0.800. The van der Waals surface area contributed by atoms with Gasteiger partial charge in [-0.2, -0.15) is 5.10 Å². The molecule has 1 spiro atoms. The molecule has 1 aliphatic carbocycles. The third-order valence-electron chi connectivity index (χ3n) is 7.66. The zero-order valence-corrected chi connectivity index (χ0v) is 20.3. The van der Waals surface area contributed by atoms with Crippen molar-refractivity contribution in [2.45, 2.75) is 84.8 Å². The Morgan fingerprint density at radius 3 is 2.64 bits per heavy atom. The summed E-state index contributed by atoms with van der Waals surface area (Å²) >= 11 is 0. The largest absolute Gasteiger partial charge is 0.465 e. The lowest BCUT2D eigenvalue weighted by atomic mass is 9.74. The molecule has 1 aromatic rings. The number of nitrogens with one attached hydrogen (secondary N) is 1. The maximum atomic E-state index is 13.0. The average molecular weight is 462 g/mol. The van der Waals surface area contributed by atoms with Gasteiger partial charge in [-0.15, -0.1) is 0 Å². The summed E-state index contributed by atoms with van der Waals surface area (Å²) in [6.07, 6.45) is 5.74. The van der Waals surface area contributed by atoms with E-state index in [1.165, 1.54) is 0 Å². The van der Waals surface area contributed by atoms with E-state index in [2.05, 4.69) is 19.2 Å². The fourth-order valence-electron chi connectivity index (χ4n) is 5.51. The van der Waals surface area contributed by atoms with E-state index in [0.29, 0.717) is 57.5 Å². The molecule has 4 rings (SSSR count). The molecule has 8 heteroatoms. The molecule has 1 amide bonds. The second kappa shape index (κ2) is 9.74. The number of ether oxygens (including phenoxy) is 2. The van der Waals surface area contributed by atoms with Gasteiger partial charge in [0.1, 0.15) is 5.69 Å². The van der Waals surface area contributed by atoms with Crippen molar-refractivity contribution in [1.29, 1.82) is 0 Å². The first-order valence-corrected chi connectivity index (χ1v) is 12.5. The summed E-state index contributed by atoms with van der Waals surface area (Å²) in [4.78, 5) is 25.6. The standard InChI is InChI=1S/C25H39N3O5/c1-4-28-21-19(13-25(15-26-22(21)30)9-11-32-12-10-25)20(27-28)14-24(2,3)16-33-23(31)17-5-7-18(29)8-6-17/h17-18,29H,4-16H2,1-3H3,(H,26,30). The molecule has 0 atom stereocenters. The first-order valence-electron chi connectivity index (χ1n) is 12.5. The highest BCUT2D eigenvalue weighted by atomic mass is 16.5. The first-order chi connectivity index (χ1) is 15.7. The van der Waals surface area contributed by atoms with E-state index < -0.39 is 0 Å². The van der Waals surface area contributed by atoms with Crippen LogP contribution in [-0.2, 0) is 33.7 Å². The monoisotopic (exact) mass is 461 g/mol. The summed E-state index contributed by atoms with van der Waals surface area (Å²) in [7, 11) is 0. The summed E-state index contributed by atoms with van der Waals surface area (Å²) in [5, 5.41) is 17.7. The maximum Gasteiger partial charge on any atom is 0.308 e. The quantitative estimate of drug-likeness (QED) is 0.632. The number of rotatable bonds is 6. The van der Waals surface area contributed by atoms with Crippen LogP contribution in [0.4, 0.5) is 0 Å². The topological polar surface area (TPSA) is 103 Å². The van der Waals surface area contributed by atoms with Crippen LogP contribution < -0.4 is 5.32 Å². The van der Waals surface area contributed by atoms with Crippen molar-refractivity contribution in [2.24, 2.45) is 16.7 Å². The van der Waals surface area contributed by atoms with Crippen molar-refractivity contribution in [3.8, 4) is 0 Å². The third kappa shape index (κ3) is 5.43. The Bertz CT molecular complexity index is 864. The number of amides is 1. The highest BCUT2D eigenvalue weighted by Gasteiger charge is 2.40. The summed E-state index contributed by atoms with van der Waals surface area (Å²) in [5.41, 5.74) is 2.38. The number of aryl methyl sites for hydroxylation is 1. The molecular formula is C25H39N3O5. The van der Waals surface area contributed by atoms with Crippen molar-refractivity contribution in [1.82, 2.24) is 15.1 Å². The van der Waals surface area contributed by atoms with Gasteiger partial charge in [-0.25, -0.2) is 0 Å². The van der Waals surface area contributed by atoms with Crippen molar-refractivity contribution in [3.63, 3.8) is 0 Å². The highest BCUT2D eigenvalue weighted by molar-refractivity contribution is 5.94. The minimum Gasteiger partial charge on any atom is -0.465 e. The first kappa shape index (κ1) is 24.2. The summed E-state index contributed by atoms with van der Waals surface area (Å²) in [6, 6.07) is 0. The molecule has 2 N–H and O–H groups in total. The summed E-state index contributed by atoms with van der Waals surface area (Å²) < 4.78 is 13.2. The number of aromatic nitrogens is 2. The third-order valence-corrected chi connectivity index (χ3v) is 7.66. The van der Waals surface area contributed by atoms with Crippen LogP contribution in [0.5, 0.6) is 0 Å². The van der Waals surface area contributed by atoms with Crippen molar-refractivity contribution in [3.05, 3.63) is 17.0 Å². The molecule has 184 valence electrons. The SMILES string of the molecule is CCn1nc(CC(C)(C)COC(=O)C2CCC(O)CC2)c2c1C(=O)NCC1(CCOCC1)C2. The van der Waals surface area contributed by atoms with Crippen molar-refractivity contribution in [2.75, 3.05) is 26.4 Å². The number of hydrogen-bond acceptors (Lipinski definition) is 6. The van der Waals surface area contributed by atoms with E-state index >= 15 is 0 Å². The zero-order chi connectivity index (χ0) is 23.6. The Kier molecular flexibility index (Phi) is 7.15. The molecule has 1 saturated heterocycles. The molecule has 1 aromatic heterocycles. The predicted octanol–water partition coefficient (Wildman–Crippen LogP) is 2.65. The van der Waals surface area contributed by atoms with Gasteiger partial charge in [0.05, 0.1) is 24.3 Å². The Hall–Kier alpha value is -1.93. The molecule has 2 fully saturated rings. The van der Waals surface area contributed by atoms with Crippen molar-refractivity contribution < 1.29 is 24.2 Å². The molecular weight excluding hydrogens is 422 g/mol. The molecule has 2 aliphatic heterocycles. The Labute approximate surface area is 196 Å². The second-order valence-corrected chi connectivity index (χ2v) is 11.0. The van der Waals surface area contributed by atoms with Gasteiger partial charge in [-0.3, -0.25) is 14.3 Å².